The first-order chi connectivity index (χ1) is 16.0. The lowest BCUT2D eigenvalue weighted by Gasteiger charge is -2.27. The molecule has 0 heterocycles. The molecule has 174 valence electrons. The molecule has 6 heteroatoms. The summed E-state index contributed by atoms with van der Waals surface area (Å²) in [6.07, 6.45) is 1.80. The average Bonchev–Trinajstić information content (AvgIpc) is 3.33. The molecule has 0 amide bonds. The van der Waals surface area contributed by atoms with Crippen LogP contribution in [0.3, 0.4) is 0 Å². The van der Waals surface area contributed by atoms with Crippen molar-refractivity contribution in [3.05, 3.63) is 83.4 Å². The van der Waals surface area contributed by atoms with Crippen molar-refractivity contribution in [1.82, 2.24) is 0 Å². The Hall–Kier alpha value is -2.96. The highest BCUT2D eigenvalue weighted by molar-refractivity contribution is 5.67. The molecule has 0 aliphatic heterocycles. The lowest BCUT2D eigenvalue weighted by atomic mass is 9.92. The number of carbonyl (C=O) groups excluding carboxylic acids is 2. The van der Waals surface area contributed by atoms with Gasteiger partial charge in [0.05, 0.1) is 25.4 Å². The Morgan fingerprint density at radius 1 is 0.818 bits per heavy atom. The highest BCUT2D eigenvalue weighted by Crippen LogP contribution is 2.48. The molecule has 0 unspecified atom stereocenters. The van der Waals surface area contributed by atoms with Crippen molar-refractivity contribution in [1.29, 1.82) is 0 Å². The van der Waals surface area contributed by atoms with E-state index in [2.05, 4.69) is 0 Å². The molecule has 5 atom stereocenters. The Kier molecular flexibility index (Phi) is 7.57. The number of hydrogen-bond acceptors (Lipinski definition) is 6. The van der Waals surface area contributed by atoms with E-state index in [0.29, 0.717) is 19.6 Å². The second-order valence-corrected chi connectivity index (χ2v) is 8.62. The maximum Gasteiger partial charge on any atom is 0.303 e. The van der Waals surface area contributed by atoms with E-state index >= 15 is 0 Å². The fourth-order valence-electron chi connectivity index (χ4n) is 4.85. The predicted molar refractivity (Wildman–Crippen MR) is 122 cm³/mol. The van der Waals surface area contributed by atoms with Crippen molar-refractivity contribution in [3.8, 4) is 0 Å². The topological polar surface area (TPSA) is 71.1 Å². The second kappa shape index (κ2) is 10.8. The number of esters is 2. The molecule has 2 aliphatic rings. The summed E-state index contributed by atoms with van der Waals surface area (Å²) >= 11 is 0. The van der Waals surface area contributed by atoms with Gasteiger partial charge in [-0.05, 0) is 29.2 Å². The van der Waals surface area contributed by atoms with Gasteiger partial charge in [0.1, 0.15) is 12.7 Å². The molecule has 4 rings (SSSR count). The molecule has 0 aromatic heterocycles. The third-order valence-electron chi connectivity index (χ3n) is 6.25. The van der Waals surface area contributed by atoms with Crippen molar-refractivity contribution < 1.29 is 28.5 Å². The molecular formula is C27H30O6. The van der Waals surface area contributed by atoms with E-state index in [-0.39, 0.29) is 48.7 Å². The summed E-state index contributed by atoms with van der Waals surface area (Å²) in [5.74, 6) is -0.724. The Labute approximate surface area is 194 Å². The SMILES string of the molecule is CC(=O)OCC1=C[C@H](OC(C)=O)[C@@H]2C[C@@H](OCc3ccccc3)[C@@H](OCc3ccccc3)[C@H]12. The lowest BCUT2D eigenvalue weighted by Crippen LogP contribution is -2.33. The van der Waals surface area contributed by atoms with E-state index in [4.69, 9.17) is 18.9 Å². The van der Waals surface area contributed by atoms with Crippen LogP contribution < -0.4 is 0 Å². The summed E-state index contributed by atoms with van der Waals surface area (Å²) < 4.78 is 23.7. The van der Waals surface area contributed by atoms with Gasteiger partial charge in [0, 0.05) is 25.7 Å². The van der Waals surface area contributed by atoms with Gasteiger partial charge in [0.15, 0.2) is 0 Å². The Morgan fingerprint density at radius 2 is 1.42 bits per heavy atom. The molecule has 0 radical (unpaired) electrons. The molecular weight excluding hydrogens is 420 g/mol. The standard InChI is InChI=1S/C27H30O6/c1-18(28)30-17-22-13-24(33-19(2)29)23-14-25(31-15-20-9-5-3-6-10-20)27(26(22)23)32-16-21-11-7-4-8-12-21/h3-13,23-27H,14-17H2,1-2H3/t23-,24-,25+,26+,27+/m0/s1. The van der Waals surface area contributed by atoms with E-state index in [9.17, 15) is 9.59 Å². The van der Waals surface area contributed by atoms with Gasteiger partial charge in [-0.3, -0.25) is 9.59 Å². The first-order valence-corrected chi connectivity index (χ1v) is 11.3. The van der Waals surface area contributed by atoms with Crippen LogP contribution in [0, 0.1) is 11.8 Å². The number of carbonyl (C=O) groups is 2. The van der Waals surface area contributed by atoms with Gasteiger partial charge in [-0.1, -0.05) is 60.7 Å². The van der Waals surface area contributed by atoms with Crippen molar-refractivity contribution in [3.63, 3.8) is 0 Å². The van der Waals surface area contributed by atoms with Crippen LogP contribution in [0.4, 0.5) is 0 Å². The molecule has 2 aliphatic carbocycles. The summed E-state index contributed by atoms with van der Waals surface area (Å²) in [7, 11) is 0. The van der Waals surface area contributed by atoms with Crippen LogP contribution in [-0.2, 0) is 41.8 Å². The quantitative estimate of drug-likeness (QED) is 0.421. The molecule has 1 saturated carbocycles. The van der Waals surface area contributed by atoms with Crippen molar-refractivity contribution in [2.45, 2.75) is 51.8 Å². The lowest BCUT2D eigenvalue weighted by molar-refractivity contribution is -0.146. The van der Waals surface area contributed by atoms with Crippen molar-refractivity contribution >= 4 is 11.9 Å². The number of ether oxygens (including phenoxy) is 4. The normalized spacial score (nSPS) is 25.9. The molecule has 0 spiro atoms. The minimum Gasteiger partial charge on any atom is -0.461 e. The zero-order valence-electron chi connectivity index (χ0n) is 19.0. The summed E-state index contributed by atoms with van der Waals surface area (Å²) in [6, 6.07) is 20.0. The van der Waals surface area contributed by atoms with Gasteiger partial charge < -0.3 is 18.9 Å². The predicted octanol–water partition coefficient (Wildman–Crippen LogP) is 4.23. The van der Waals surface area contributed by atoms with Gasteiger partial charge in [0.25, 0.3) is 0 Å². The highest BCUT2D eigenvalue weighted by Gasteiger charge is 2.53. The zero-order chi connectivity index (χ0) is 23.2. The number of hydrogen-bond donors (Lipinski definition) is 0. The van der Waals surface area contributed by atoms with Crippen molar-refractivity contribution in [2.24, 2.45) is 11.8 Å². The maximum atomic E-state index is 11.7. The van der Waals surface area contributed by atoms with Gasteiger partial charge in [0.2, 0.25) is 0 Å². The highest BCUT2D eigenvalue weighted by atomic mass is 16.6. The summed E-state index contributed by atoms with van der Waals surface area (Å²) in [5.41, 5.74) is 3.08. The largest absolute Gasteiger partial charge is 0.461 e. The van der Waals surface area contributed by atoms with Crippen LogP contribution in [0.2, 0.25) is 0 Å². The van der Waals surface area contributed by atoms with E-state index in [0.717, 1.165) is 16.7 Å². The summed E-state index contributed by atoms with van der Waals surface area (Å²) in [6.45, 7) is 3.87. The molecule has 0 bridgehead atoms. The van der Waals surface area contributed by atoms with Crippen LogP contribution >= 0.6 is 0 Å². The third-order valence-corrected chi connectivity index (χ3v) is 6.25. The molecule has 0 saturated heterocycles. The first-order valence-electron chi connectivity index (χ1n) is 11.3. The summed E-state index contributed by atoms with van der Waals surface area (Å²) in [5, 5.41) is 0. The zero-order valence-corrected chi connectivity index (χ0v) is 19.0. The van der Waals surface area contributed by atoms with Gasteiger partial charge in [-0.25, -0.2) is 0 Å². The van der Waals surface area contributed by atoms with E-state index < -0.39 is 0 Å². The average molecular weight is 451 g/mol. The van der Waals surface area contributed by atoms with E-state index in [1.165, 1.54) is 13.8 Å². The Balaban J connectivity index is 1.55. The van der Waals surface area contributed by atoms with E-state index in [1.807, 2.05) is 66.7 Å². The maximum absolute atomic E-state index is 11.7. The van der Waals surface area contributed by atoms with Crippen molar-refractivity contribution in [2.75, 3.05) is 6.61 Å². The minimum absolute atomic E-state index is 0.0148. The fraction of sp³-hybridized carbons (Fsp3) is 0.407. The van der Waals surface area contributed by atoms with Gasteiger partial charge in [-0.2, -0.15) is 0 Å². The van der Waals surface area contributed by atoms with Crippen LogP contribution in [0.5, 0.6) is 0 Å². The fourth-order valence-corrected chi connectivity index (χ4v) is 4.85. The Morgan fingerprint density at radius 3 is 2.00 bits per heavy atom. The van der Waals surface area contributed by atoms with Gasteiger partial charge in [-0.15, -0.1) is 0 Å². The number of rotatable bonds is 9. The first kappa shape index (κ1) is 23.2. The van der Waals surface area contributed by atoms with Crippen LogP contribution in [0.15, 0.2) is 72.3 Å². The van der Waals surface area contributed by atoms with E-state index in [1.54, 1.807) is 0 Å². The van der Waals surface area contributed by atoms with Crippen LogP contribution in [0.1, 0.15) is 31.4 Å². The smallest absolute Gasteiger partial charge is 0.303 e. The molecule has 2 aromatic carbocycles. The Bertz CT molecular complexity index is 971. The molecule has 2 aromatic rings. The second-order valence-electron chi connectivity index (χ2n) is 8.62. The number of fused-ring (bicyclic) bond motifs is 1. The minimum atomic E-state index is -0.383. The van der Waals surface area contributed by atoms with Crippen LogP contribution in [0.25, 0.3) is 0 Å². The molecule has 1 fully saturated rings. The monoisotopic (exact) mass is 450 g/mol. The molecule has 0 N–H and O–H groups in total. The molecule has 6 nitrogen and oxygen atoms in total. The summed E-state index contributed by atoms with van der Waals surface area (Å²) in [4.78, 5) is 23.2. The third kappa shape index (κ3) is 5.89. The van der Waals surface area contributed by atoms with Crippen LogP contribution in [-0.4, -0.2) is 36.9 Å². The van der Waals surface area contributed by atoms with Gasteiger partial charge >= 0.3 is 11.9 Å². The number of benzene rings is 2. The molecule has 33 heavy (non-hydrogen) atoms.